The molecule has 0 spiro atoms. The molecule has 0 aromatic heterocycles. The number of nitrogens with one attached hydrogen (secondary N) is 1. The molecule has 0 radical (unpaired) electrons. The molecule has 0 heterocycles. The van der Waals surface area contributed by atoms with Gasteiger partial charge in [0.25, 0.3) is 0 Å². The highest BCUT2D eigenvalue weighted by molar-refractivity contribution is 6.14. The van der Waals surface area contributed by atoms with Gasteiger partial charge in [-0.1, -0.05) is 91.0 Å². The lowest BCUT2D eigenvalue weighted by molar-refractivity contribution is 1.24. The summed E-state index contributed by atoms with van der Waals surface area (Å²) in [6.07, 6.45) is 0. The molecule has 4 aromatic carbocycles. The van der Waals surface area contributed by atoms with E-state index in [0.29, 0.717) is 0 Å². The molecule has 0 amide bonds. The second kappa shape index (κ2) is 9.75. The maximum Gasteiger partial charge on any atom is 0.133 e. The topological polar surface area (TPSA) is 62.8 Å². The van der Waals surface area contributed by atoms with Gasteiger partial charge in [0.05, 0.1) is 0 Å². The number of nitrogens with two attached hydrogens (primary N) is 1. The zero-order valence-electron chi connectivity index (χ0n) is 18.3. The summed E-state index contributed by atoms with van der Waals surface area (Å²) in [6.45, 7) is 0. The maximum absolute atomic E-state index is 5.80. The minimum atomic E-state index is 0.762. The molecule has 0 fully saturated rings. The van der Waals surface area contributed by atoms with Gasteiger partial charge in [-0.2, -0.15) is 0 Å². The van der Waals surface area contributed by atoms with Crippen molar-refractivity contribution in [3.63, 3.8) is 0 Å². The van der Waals surface area contributed by atoms with E-state index in [1.54, 1.807) is 14.1 Å². The zero-order chi connectivity index (χ0) is 22.3. The first-order chi connectivity index (χ1) is 15.7. The van der Waals surface area contributed by atoms with Crippen molar-refractivity contribution in [1.82, 2.24) is 5.32 Å². The van der Waals surface area contributed by atoms with Crippen LogP contribution in [0, 0.1) is 0 Å². The Morgan fingerprint density at radius 1 is 0.531 bits per heavy atom. The molecule has 4 nitrogen and oxygen atoms in total. The summed E-state index contributed by atoms with van der Waals surface area (Å²) in [5, 5.41) is 3.40. The quantitative estimate of drug-likeness (QED) is 0.256. The minimum Gasteiger partial charge on any atom is -0.399 e. The Morgan fingerprint density at radius 3 is 1.31 bits per heavy atom. The molecular weight excluding hydrogens is 392 g/mol. The average molecular weight is 419 g/mol. The van der Waals surface area contributed by atoms with Crippen LogP contribution in [0.15, 0.2) is 113 Å². The third kappa shape index (κ3) is 4.76. The number of rotatable bonds is 4. The number of nitrogens with zero attached hydrogens (tertiary/aromatic N) is 2. The van der Waals surface area contributed by atoms with Gasteiger partial charge in [-0.25, -0.2) is 0 Å². The second-order valence-electron chi connectivity index (χ2n) is 7.41. The van der Waals surface area contributed by atoms with Crippen molar-refractivity contribution in [2.24, 2.45) is 9.98 Å². The van der Waals surface area contributed by atoms with Crippen LogP contribution in [0.5, 0.6) is 0 Å². The van der Waals surface area contributed by atoms with Gasteiger partial charge in [-0.15, -0.1) is 0 Å². The van der Waals surface area contributed by atoms with Gasteiger partial charge in [0.1, 0.15) is 11.7 Å². The molecule has 0 aliphatic heterocycles. The Morgan fingerprint density at radius 2 is 0.906 bits per heavy atom. The summed E-state index contributed by atoms with van der Waals surface area (Å²) < 4.78 is 0. The van der Waals surface area contributed by atoms with E-state index in [2.05, 4.69) is 76.0 Å². The summed E-state index contributed by atoms with van der Waals surface area (Å²) >= 11 is 0. The smallest absolute Gasteiger partial charge is 0.133 e. The van der Waals surface area contributed by atoms with E-state index in [1.165, 1.54) is 11.1 Å². The molecule has 3 N–H and O–H groups in total. The van der Waals surface area contributed by atoms with E-state index in [0.717, 1.165) is 39.6 Å². The van der Waals surface area contributed by atoms with Crippen LogP contribution in [0.2, 0.25) is 0 Å². The molecule has 0 aliphatic rings. The van der Waals surface area contributed by atoms with Gasteiger partial charge in [-0.3, -0.25) is 9.98 Å². The van der Waals surface area contributed by atoms with Crippen molar-refractivity contribution in [2.45, 2.75) is 0 Å². The van der Waals surface area contributed by atoms with Gasteiger partial charge in [0, 0.05) is 30.9 Å². The second-order valence-corrected chi connectivity index (χ2v) is 7.41. The lowest BCUT2D eigenvalue weighted by Crippen LogP contribution is -2.32. The van der Waals surface area contributed by atoms with Crippen LogP contribution in [0.4, 0.5) is 5.69 Å². The van der Waals surface area contributed by atoms with Crippen LogP contribution < -0.4 is 11.1 Å². The van der Waals surface area contributed by atoms with Gasteiger partial charge in [-0.05, 0) is 34.4 Å². The molecule has 4 aromatic rings. The molecular formula is C28H26N4. The Kier molecular flexibility index (Phi) is 6.42. The molecule has 0 unspecified atom stereocenters. The summed E-state index contributed by atoms with van der Waals surface area (Å²) in [5.41, 5.74) is 13.2. The Labute approximate surface area is 189 Å². The normalized spacial score (nSPS) is 11.9. The first kappa shape index (κ1) is 21.1. The van der Waals surface area contributed by atoms with E-state index < -0.39 is 0 Å². The highest BCUT2D eigenvalue weighted by atomic mass is 15.0. The van der Waals surface area contributed by atoms with Crippen LogP contribution >= 0.6 is 0 Å². The summed E-state index contributed by atoms with van der Waals surface area (Å²) in [5.74, 6) is 1.54. The number of amidine groups is 2. The lowest BCUT2D eigenvalue weighted by Gasteiger charge is -2.13. The fourth-order valence-electron chi connectivity index (χ4n) is 3.57. The van der Waals surface area contributed by atoms with Gasteiger partial charge < -0.3 is 11.1 Å². The number of hydrogen-bond acceptors (Lipinski definition) is 3. The third-order valence-corrected chi connectivity index (χ3v) is 5.35. The minimum absolute atomic E-state index is 0.762. The molecule has 0 bridgehead atoms. The standard InChI is InChI=1S/C28H26N4/c1-30-27(24-12-8-21(9-13-24)20-6-4-3-5-7-20)32-28(31-2)25-14-10-22(11-15-25)23-16-18-26(29)19-17-23/h3-19H,29H2,1-2H3,(H,30,31,32). The molecule has 4 heteroatoms. The van der Waals surface area contributed by atoms with Crippen LogP contribution in [-0.2, 0) is 0 Å². The zero-order valence-corrected chi connectivity index (χ0v) is 18.3. The summed E-state index contributed by atoms with van der Waals surface area (Å²) in [7, 11) is 3.56. The molecule has 158 valence electrons. The predicted molar refractivity (Wildman–Crippen MR) is 136 cm³/mol. The average Bonchev–Trinajstić information content (AvgIpc) is 2.86. The lowest BCUT2D eigenvalue weighted by atomic mass is 10.0. The monoisotopic (exact) mass is 418 g/mol. The fourth-order valence-corrected chi connectivity index (χ4v) is 3.57. The summed E-state index contributed by atoms with van der Waals surface area (Å²) in [4.78, 5) is 8.92. The number of benzene rings is 4. The predicted octanol–water partition coefficient (Wildman–Crippen LogP) is 5.65. The van der Waals surface area contributed by atoms with Crippen LogP contribution in [0.3, 0.4) is 0 Å². The molecule has 0 aliphatic carbocycles. The Balaban J connectivity index is 1.51. The van der Waals surface area contributed by atoms with Gasteiger partial charge in [0.15, 0.2) is 0 Å². The summed E-state index contributed by atoms with van der Waals surface area (Å²) in [6, 6.07) is 34.9. The van der Waals surface area contributed by atoms with E-state index in [-0.39, 0.29) is 0 Å². The van der Waals surface area contributed by atoms with Gasteiger partial charge in [0.2, 0.25) is 0 Å². The van der Waals surface area contributed by atoms with Crippen molar-refractivity contribution in [3.05, 3.63) is 114 Å². The molecule has 0 atom stereocenters. The molecule has 0 saturated heterocycles. The van der Waals surface area contributed by atoms with Crippen LogP contribution in [-0.4, -0.2) is 25.8 Å². The SMILES string of the molecule is CN=C(NC(=NC)c1ccc(-c2ccc(N)cc2)cc1)c1ccc(-c2ccccc2)cc1. The van der Waals surface area contributed by atoms with Crippen molar-refractivity contribution in [2.75, 3.05) is 19.8 Å². The number of anilines is 1. The van der Waals surface area contributed by atoms with Crippen LogP contribution in [0.25, 0.3) is 22.3 Å². The Bertz CT molecular complexity index is 1220. The maximum atomic E-state index is 5.80. The van der Waals surface area contributed by atoms with Crippen molar-refractivity contribution in [1.29, 1.82) is 0 Å². The van der Waals surface area contributed by atoms with E-state index >= 15 is 0 Å². The third-order valence-electron chi connectivity index (χ3n) is 5.35. The number of aliphatic imine (C=N–C) groups is 2. The number of hydrogen-bond donors (Lipinski definition) is 2. The molecule has 4 rings (SSSR count). The number of nitrogen functional groups attached to an aromatic ring is 1. The van der Waals surface area contributed by atoms with E-state index in [9.17, 15) is 0 Å². The highest BCUT2D eigenvalue weighted by Gasteiger charge is 2.09. The van der Waals surface area contributed by atoms with Crippen LogP contribution in [0.1, 0.15) is 11.1 Å². The van der Waals surface area contributed by atoms with Crippen molar-refractivity contribution >= 4 is 17.4 Å². The highest BCUT2D eigenvalue weighted by Crippen LogP contribution is 2.22. The van der Waals surface area contributed by atoms with E-state index in [4.69, 9.17) is 5.73 Å². The van der Waals surface area contributed by atoms with Gasteiger partial charge >= 0.3 is 0 Å². The Hall–Kier alpha value is -4.18. The fraction of sp³-hybridized carbons (Fsp3) is 0.0714. The first-order valence-electron chi connectivity index (χ1n) is 10.5. The largest absolute Gasteiger partial charge is 0.399 e. The van der Waals surface area contributed by atoms with E-state index in [1.807, 2.05) is 42.5 Å². The van der Waals surface area contributed by atoms with Crippen molar-refractivity contribution in [3.8, 4) is 22.3 Å². The first-order valence-corrected chi connectivity index (χ1v) is 10.5. The molecule has 32 heavy (non-hydrogen) atoms. The molecule has 0 saturated carbocycles. The van der Waals surface area contributed by atoms with Crippen molar-refractivity contribution < 1.29 is 0 Å².